The highest BCUT2D eigenvalue weighted by Crippen LogP contribution is 2.46. The third-order valence-electron chi connectivity index (χ3n) is 7.58. The van der Waals surface area contributed by atoms with Crippen LogP contribution in [-0.2, 0) is 0 Å². The molecule has 2 bridgehead atoms. The number of likely N-dealkylation sites (tertiary alicyclic amines) is 1. The zero-order chi connectivity index (χ0) is 20.8. The van der Waals surface area contributed by atoms with Gasteiger partial charge in [0.25, 0.3) is 5.91 Å². The summed E-state index contributed by atoms with van der Waals surface area (Å²) in [6.07, 6.45) is 6.24. The van der Waals surface area contributed by atoms with Gasteiger partial charge in [-0.15, -0.1) is 0 Å². The highest BCUT2D eigenvalue weighted by atomic mass is 16.2. The van der Waals surface area contributed by atoms with Crippen molar-refractivity contribution in [1.29, 1.82) is 0 Å². The van der Waals surface area contributed by atoms with Gasteiger partial charge in [-0.1, -0.05) is 48.5 Å². The van der Waals surface area contributed by atoms with Crippen molar-refractivity contribution in [3.8, 4) is 11.1 Å². The second kappa shape index (κ2) is 7.61. The number of carbonyl (C=O) groups excluding carboxylic acids is 1. The summed E-state index contributed by atoms with van der Waals surface area (Å²) in [6.45, 7) is 3.10. The first-order valence-electron chi connectivity index (χ1n) is 11.4. The Hall–Kier alpha value is -2.98. The number of aromatic nitrogens is 1. The van der Waals surface area contributed by atoms with Crippen molar-refractivity contribution in [2.45, 2.75) is 30.8 Å². The van der Waals surface area contributed by atoms with Crippen molar-refractivity contribution in [2.75, 3.05) is 19.6 Å². The fourth-order valence-corrected chi connectivity index (χ4v) is 6.17. The van der Waals surface area contributed by atoms with E-state index < -0.39 is 0 Å². The molecule has 4 nitrogen and oxygen atoms in total. The van der Waals surface area contributed by atoms with Gasteiger partial charge in [-0.05, 0) is 66.7 Å². The Balaban J connectivity index is 1.35. The summed E-state index contributed by atoms with van der Waals surface area (Å²) in [7, 11) is 0. The second-order valence-electron chi connectivity index (χ2n) is 9.15. The van der Waals surface area contributed by atoms with E-state index in [2.05, 4.69) is 45.1 Å². The largest absolute Gasteiger partial charge is 0.333 e. The molecule has 4 fully saturated rings. The van der Waals surface area contributed by atoms with Crippen LogP contribution in [0.5, 0.6) is 0 Å². The normalized spacial score (nSPS) is 29.0. The van der Waals surface area contributed by atoms with Crippen molar-refractivity contribution >= 4 is 5.91 Å². The molecule has 0 saturated carbocycles. The Morgan fingerprint density at radius 3 is 2.45 bits per heavy atom. The number of piperidine rings is 3. The lowest BCUT2D eigenvalue weighted by Crippen LogP contribution is -2.60. The Labute approximate surface area is 183 Å². The van der Waals surface area contributed by atoms with E-state index in [4.69, 9.17) is 0 Å². The number of pyridine rings is 1. The summed E-state index contributed by atoms with van der Waals surface area (Å²) in [5.41, 5.74) is 4.30. The topological polar surface area (TPSA) is 36.4 Å². The summed E-state index contributed by atoms with van der Waals surface area (Å²) in [6, 6.07) is 23.4. The number of benzene rings is 2. The Kier molecular flexibility index (Phi) is 4.61. The molecule has 1 amide bonds. The minimum atomic E-state index is 0.174. The molecule has 4 aliphatic heterocycles. The summed E-state index contributed by atoms with van der Waals surface area (Å²) in [5.74, 6) is 1.12. The quantitative estimate of drug-likeness (QED) is 0.641. The smallest absolute Gasteiger partial charge is 0.254 e. The molecule has 0 spiro atoms. The van der Waals surface area contributed by atoms with E-state index in [0.29, 0.717) is 23.9 Å². The number of carbonyl (C=O) groups is 1. The van der Waals surface area contributed by atoms with E-state index in [1.54, 1.807) is 0 Å². The molecule has 2 aromatic carbocycles. The molecule has 4 aliphatic rings. The lowest BCUT2D eigenvalue weighted by atomic mass is 9.75. The van der Waals surface area contributed by atoms with Crippen LogP contribution >= 0.6 is 0 Å². The Morgan fingerprint density at radius 1 is 0.871 bits per heavy atom. The Morgan fingerprint density at radius 2 is 1.68 bits per heavy atom. The van der Waals surface area contributed by atoms with Gasteiger partial charge >= 0.3 is 0 Å². The average Bonchev–Trinajstić information content (AvgIpc) is 3.28. The average molecular weight is 410 g/mol. The van der Waals surface area contributed by atoms with Crippen LogP contribution in [0.1, 0.15) is 34.7 Å². The maximum Gasteiger partial charge on any atom is 0.254 e. The predicted octanol–water partition coefficient (Wildman–Crippen LogP) is 4.45. The molecule has 7 rings (SSSR count). The third kappa shape index (κ3) is 3.17. The van der Waals surface area contributed by atoms with E-state index >= 15 is 0 Å². The van der Waals surface area contributed by atoms with Crippen LogP contribution in [0.4, 0.5) is 0 Å². The first-order valence-corrected chi connectivity index (χ1v) is 11.4. The van der Waals surface area contributed by atoms with Crippen LogP contribution in [0.25, 0.3) is 11.1 Å². The number of amides is 1. The molecule has 0 aliphatic carbocycles. The van der Waals surface area contributed by atoms with Gasteiger partial charge in [-0.3, -0.25) is 14.7 Å². The van der Waals surface area contributed by atoms with Gasteiger partial charge < -0.3 is 4.90 Å². The maximum atomic E-state index is 13.8. The summed E-state index contributed by atoms with van der Waals surface area (Å²) >= 11 is 0. The van der Waals surface area contributed by atoms with Gasteiger partial charge in [-0.2, -0.15) is 0 Å². The highest BCUT2D eigenvalue weighted by molar-refractivity contribution is 5.96. The molecule has 5 heterocycles. The third-order valence-corrected chi connectivity index (χ3v) is 7.58. The molecule has 3 atom stereocenters. The van der Waals surface area contributed by atoms with Crippen molar-refractivity contribution in [3.63, 3.8) is 0 Å². The maximum absolute atomic E-state index is 13.8. The zero-order valence-corrected chi connectivity index (χ0v) is 17.6. The monoisotopic (exact) mass is 409 g/mol. The van der Waals surface area contributed by atoms with Gasteiger partial charge in [0.15, 0.2) is 0 Å². The van der Waals surface area contributed by atoms with Crippen molar-refractivity contribution in [3.05, 3.63) is 90.3 Å². The molecular formula is C27H27N3O. The fourth-order valence-electron chi connectivity index (χ4n) is 6.17. The van der Waals surface area contributed by atoms with Crippen molar-refractivity contribution < 1.29 is 4.79 Å². The number of hydrogen-bond donors (Lipinski definition) is 0. The van der Waals surface area contributed by atoms with Gasteiger partial charge in [0.2, 0.25) is 0 Å². The molecule has 3 unspecified atom stereocenters. The molecule has 156 valence electrons. The highest BCUT2D eigenvalue weighted by Gasteiger charge is 2.54. The molecule has 1 aromatic heterocycles. The molecule has 4 saturated heterocycles. The van der Waals surface area contributed by atoms with E-state index in [0.717, 1.165) is 36.3 Å². The van der Waals surface area contributed by atoms with E-state index in [1.807, 2.05) is 48.8 Å². The van der Waals surface area contributed by atoms with Crippen molar-refractivity contribution in [2.24, 2.45) is 5.92 Å². The summed E-state index contributed by atoms with van der Waals surface area (Å²) < 4.78 is 0. The van der Waals surface area contributed by atoms with Crippen LogP contribution in [0.15, 0.2) is 79.1 Å². The molecule has 0 N–H and O–H groups in total. The minimum Gasteiger partial charge on any atom is -0.333 e. The number of nitrogens with zero attached hydrogens (tertiary/aromatic N) is 3. The minimum absolute atomic E-state index is 0.174. The summed E-state index contributed by atoms with van der Waals surface area (Å²) in [5, 5.41) is 0. The zero-order valence-electron chi connectivity index (χ0n) is 17.6. The molecule has 3 aromatic rings. The Bertz CT molecular complexity index is 1080. The lowest BCUT2D eigenvalue weighted by molar-refractivity contribution is -0.00342. The molecule has 0 radical (unpaired) electrons. The van der Waals surface area contributed by atoms with Gasteiger partial charge in [-0.25, -0.2) is 0 Å². The first-order chi connectivity index (χ1) is 15.3. The lowest BCUT2D eigenvalue weighted by Gasteiger charge is -2.51. The van der Waals surface area contributed by atoms with Crippen LogP contribution in [0.2, 0.25) is 0 Å². The van der Waals surface area contributed by atoms with Gasteiger partial charge in [0.1, 0.15) is 0 Å². The van der Waals surface area contributed by atoms with Crippen LogP contribution in [-0.4, -0.2) is 52.4 Å². The van der Waals surface area contributed by atoms with Crippen LogP contribution < -0.4 is 0 Å². The predicted molar refractivity (Wildman–Crippen MR) is 122 cm³/mol. The van der Waals surface area contributed by atoms with E-state index in [9.17, 15) is 4.79 Å². The van der Waals surface area contributed by atoms with Gasteiger partial charge in [0.05, 0.1) is 6.04 Å². The SMILES string of the molecule is O=C(c1cccc(-c2ccccc2)c1)N1CC(c2cccnc2)C2C1C1CCN2CC1. The van der Waals surface area contributed by atoms with E-state index in [1.165, 1.54) is 18.4 Å². The molecule has 4 heteroatoms. The number of fused-ring (bicyclic) bond motifs is 2. The fraction of sp³-hybridized carbons (Fsp3) is 0.333. The first kappa shape index (κ1) is 18.8. The standard InChI is InChI=1S/C27H27N3O/c31-27(22-9-4-8-21(16-22)19-6-2-1-3-7-19)30-18-24(23-10-5-13-28-17-23)26-25(30)20-11-14-29(26)15-12-20/h1-10,13,16-17,20,24-26H,11-12,14-15,18H2. The second-order valence-corrected chi connectivity index (χ2v) is 9.15. The van der Waals surface area contributed by atoms with Crippen molar-refractivity contribution in [1.82, 2.24) is 14.8 Å². The van der Waals surface area contributed by atoms with E-state index in [-0.39, 0.29) is 5.91 Å². The molecular weight excluding hydrogens is 382 g/mol. The summed E-state index contributed by atoms with van der Waals surface area (Å²) in [4.78, 5) is 23.0. The van der Waals surface area contributed by atoms with Crippen LogP contribution in [0.3, 0.4) is 0 Å². The molecule has 31 heavy (non-hydrogen) atoms. The van der Waals surface area contributed by atoms with Gasteiger partial charge in [0, 0.05) is 36.5 Å². The number of hydrogen-bond acceptors (Lipinski definition) is 3. The number of rotatable bonds is 3. The van der Waals surface area contributed by atoms with Crippen LogP contribution in [0, 0.1) is 5.92 Å².